The van der Waals surface area contributed by atoms with Gasteiger partial charge in [0.1, 0.15) is 23.8 Å². The first-order chi connectivity index (χ1) is 18.5. The zero-order valence-corrected chi connectivity index (χ0v) is 20.4. The summed E-state index contributed by atoms with van der Waals surface area (Å²) < 4.78 is 26.1. The number of nitrogen functional groups attached to an aromatic ring is 1. The lowest BCUT2D eigenvalue weighted by molar-refractivity contribution is -0.122. The van der Waals surface area contributed by atoms with Crippen LogP contribution in [0.25, 0.3) is 22.6 Å². The van der Waals surface area contributed by atoms with Crippen molar-refractivity contribution in [3.63, 3.8) is 0 Å². The van der Waals surface area contributed by atoms with E-state index in [9.17, 15) is 9.18 Å². The molecule has 0 spiro atoms. The minimum Gasteiger partial charge on any atom is -0.483 e. The number of benzene rings is 1. The normalized spacial score (nSPS) is 12.2. The SMILES string of the molecule is COCCOC(=O)N1CCNc2nc(-c3nn(Cc4ccccc4F)c4ncccc34)nc(N)c21.O=CO. The summed E-state index contributed by atoms with van der Waals surface area (Å²) in [5.41, 5.74) is 8.11. The van der Waals surface area contributed by atoms with Crippen LogP contribution in [0.2, 0.25) is 0 Å². The van der Waals surface area contributed by atoms with Crippen molar-refractivity contribution in [2.75, 3.05) is 49.4 Å². The van der Waals surface area contributed by atoms with E-state index in [1.807, 2.05) is 6.07 Å². The largest absolute Gasteiger partial charge is 0.483 e. The quantitative estimate of drug-likeness (QED) is 0.250. The molecule has 0 aliphatic carbocycles. The molecule has 1 amide bonds. The van der Waals surface area contributed by atoms with Gasteiger partial charge in [0.2, 0.25) is 0 Å². The van der Waals surface area contributed by atoms with Gasteiger partial charge in [-0.15, -0.1) is 0 Å². The van der Waals surface area contributed by atoms with Gasteiger partial charge >= 0.3 is 6.09 Å². The third-order valence-corrected chi connectivity index (χ3v) is 5.54. The van der Waals surface area contributed by atoms with E-state index >= 15 is 0 Å². The summed E-state index contributed by atoms with van der Waals surface area (Å²) in [7, 11) is 1.53. The lowest BCUT2D eigenvalue weighted by Crippen LogP contribution is -2.40. The van der Waals surface area contributed by atoms with Crippen LogP contribution in [-0.2, 0) is 20.8 Å². The van der Waals surface area contributed by atoms with Crippen LogP contribution in [0.15, 0.2) is 42.6 Å². The number of carbonyl (C=O) groups excluding carboxylic acids is 1. The second-order valence-corrected chi connectivity index (χ2v) is 7.89. The van der Waals surface area contributed by atoms with E-state index in [-0.39, 0.29) is 43.7 Å². The number of methoxy groups -OCH3 is 1. The number of aromatic nitrogens is 5. The van der Waals surface area contributed by atoms with Gasteiger partial charge < -0.3 is 25.6 Å². The number of amides is 1. The molecule has 5 rings (SSSR count). The highest BCUT2D eigenvalue weighted by molar-refractivity contribution is 5.97. The van der Waals surface area contributed by atoms with E-state index in [4.69, 9.17) is 25.1 Å². The maximum Gasteiger partial charge on any atom is 0.414 e. The number of carboxylic acid groups (broad SMARTS) is 1. The Balaban J connectivity index is 0.00000107. The van der Waals surface area contributed by atoms with Gasteiger partial charge in [-0.25, -0.2) is 28.8 Å². The number of nitrogens with one attached hydrogen (secondary N) is 1. The van der Waals surface area contributed by atoms with Crippen molar-refractivity contribution >= 4 is 40.9 Å². The van der Waals surface area contributed by atoms with E-state index < -0.39 is 6.09 Å². The highest BCUT2D eigenvalue weighted by atomic mass is 19.1. The fourth-order valence-electron chi connectivity index (χ4n) is 3.91. The minimum absolute atomic E-state index is 0.0987. The van der Waals surface area contributed by atoms with E-state index in [0.717, 1.165) is 0 Å². The highest BCUT2D eigenvalue weighted by Crippen LogP contribution is 2.36. The van der Waals surface area contributed by atoms with E-state index in [1.165, 1.54) is 18.1 Å². The first-order valence-corrected chi connectivity index (χ1v) is 11.5. The minimum atomic E-state index is -0.559. The van der Waals surface area contributed by atoms with E-state index in [0.29, 0.717) is 46.9 Å². The molecule has 4 aromatic rings. The Morgan fingerprint density at radius 2 is 2.03 bits per heavy atom. The third kappa shape index (κ3) is 5.44. The molecule has 1 aromatic carbocycles. The van der Waals surface area contributed by atoms with Crippen molar-refractivity contribution in [1.29, 1.82) is 0 Å². The van der Waals surface area contributed by atoms with Crippen LogP contribution in [-0.4, -0.2) is 75.8 Å². The number of hydrogen-bond donors (Lipinski definition) is 3. The van der Waals surface area contributed by atoms with Gasteiger partial charge in [0.25, 0.3) is 6.47 Å². The number of hydrogen-bond acceptors (Lipinski definition) is 10. The molecule has 198 valence electrons. The highest BCUT2D eigenvalue weighted by Gasteiger charge is 2.29. The number of anilines is 3. The van der Waals surface area contributed by atoms with Crippen molar-refractivity contribution in [1.82, 2.24) is 24.7 Å². The monoisotopic (exact) mass is 524 g/mol. The molecular formula is C24H25FN8O5. The maximum atomic E-state index is 14.3. The summed E-state index contributed by atoms with van der Waals surface area (Å²) in [5.74, 6) is 0.419. The maximum absolute atomic E-state index is 14.3. The molecule has 0 fully saturated rings. The van der Waals surface area contributed by atoms with Crippen LogP contribution in [0.4, 0.5) is 26.5 Å². The topological polar surface area (TPSA) is 171 Å². The Hall–Kier alpha value is -4.85. The van der Waals surface area contributed by atoms with Gasteiger partial charge in [-0.3, -0.25) is 9.69 Å². The van der Waals surface area contributed by atoms with Crippen molar-refractivity contribution in [2.45, 2.75) is 6.54 Å². The number of fused-ring (bicyclic) bond motifs is 2. The molecule has 13 nitrogen and oxygen atoms in total. The summed E-state index contributed by atoms with van der Waals surface area (Å²) >= 11 is 0. The molecule has 4 N–H and O–H groups in total. The second-order valence-electron chi connectivity index (χ2n) is 7.89. The Bertz CT molecular complexity index is 1450. The van der Waals surface area contributed by atoms with Crippen LogP contribution in [0.3, 0.4) is 0 Å². The van der Waals surface area contributed by atoms with Gasteiger partial charge in [0.05, 0.1) is 18.5 Å². The zero-order valence-electron chi connectivity index (χ0n) is 20.4. The van der Waals surface area contributed by atoms with Gasteiger partial charge in [-0.1, -0.05) is 18.2 Å². The molecule has 4 heterocycles. The first kappa shape index (κ1) is 26.2. The fraction of sp³-hybridized carbons (Fsp3) is 0.250. The number of halogens is 1. The molecule has 38 heavy (non-hydrogen) atoms. The predicted molar refractivity (Wildman–Crippen MR) is 136 cm³/mol. The fourth-order valence-corrected chi connectivity index (χ4v) is 3.91. The standard InChI is InChI=1S/C23H23FN8O3.CH2O2/c1-34-11-12-35-23(33)31-10-9-26-21-18(31)19(25)28-20(29-21)17-15-6-4-8-27-22(15)32(30-17)13-14-5-2-3-7-16(14)24;2-1-3/h2-8H,9-13H2,1H3,(H3,25,26,28,29);1H,(H,2,3). The molecule has 1 aliphatic rings. The Morgan fingerprint density at radius 3 is 2.79 bits per heavy atom. The molecule has 0 atom stereocenters. The van der Waals surface area contributed by atoms with Crippen molar-refractivity contribution in [2.24, 2.45) is 0 Å². The van der Waals surface area contributed by atoms with Gasteiger partial charge in [0.15, 0.2) is 23.1 Å². The smallest absolute Gasteiger partial charge is 0.414 e. The molecule has 14 heteroatoms. The molecule has 1 aliphatic heterocycles. The third-order valence-electron chi connectivity index (χ3n) is 5.54. The second kappa shape index (κ2) is 11.9. The summed E-state index contributed by atoms with van der Waals surface area (Å²) in [5, 5.41) is 15.4. The van der Waals surface area contributed by atoms with Crippen LogP contribution >= 0.6 is 0 Å². The van der Waals surface area contributed by atoms with Crippen molar-refractivity contribution in [3.8, 4) is 11.5 Å². The average molecular weight is 525 g/mol. The van der Waals surface area contributed by atoms with Crippen molar-refractivity contribution in [3.05, 3.63) is 54.0 Å². The first-order valence-electron chi connectivity index (χ1n) is 11.5. The van der Waals surface area contributed by atoms with Gasteiger partial charge in [-0.05, 0) is 18.2 Å². The number of rotatable bonds is 6. The Morgan fingerprint density at radius 1 is 1.24 bits per heavy atom. The lowest BCUT2D eigenvalue weighted by atomic mass is 10.2. The van der Waals surface area contributed by atoms with Crippen molar-refractivity contribution < 1.29 is 28.6 Å². The van der Waals surface area contributed by atoms with Crippen LogP contribution in [0.5, 0.6) is 0 Å². The average Bonchev–Trinajstić information content (AvgIpc) is 3.28. The number of pyridine rings is 1. The number of nitrogens with two attached hydrogens (primary N) is 1. The lowest BCUT2D eigenvalue weighted by Gasteiger charge is -2.29. The van der Waals surface area contributed by atoms with E-state index in [2.05, 4.69) is 25.4 Å². The molecular weight excluding hydrogens is 499 g/mol. The van der Waals surface area contributed by atoms with Crippen LogP contribution in [0, 0.1) is 5.82 Å². The van der Waals surface area contributed by atoms with Gasteiger partial charge in [-0.2, -0.15) is 5.10 Å². The number of nitrogens with zero attached hydrogens (tertiary/aromatic N) is 6. The predicted octanol–water partition coefficient (Wildman–Crippen LogP) is 2.37. The van der Waals surface area contributed by atoms with Crippen LogP contribution in [0.1, 0.15) is 5.56 Å². The molecule has 0 bridgehead atoms. The number of carbonyl (C=O) groups is 2. The Kier molecular flexibility index (Phi) is 8.23. The number of ether oxygens (including phenoxy) is 2. The van der Waals surface area contributed by atoms with Crippen LogP contribution < -0.4 is 16.0 Å². The van der Waals surface area contributed by atoms with E-state index in [1.54, 1.807) is 35.1 Å². The molecule has 0 unspecified atom stereocenters. The molecule has 0 radical (unpaired) electrons. The summed E-state index contributed by atoms with van der Waals surface area (Å²) in [6.45, 7) is 1.13. The summed E-state index contributed by atoms with van der Waals surface area (Å²) in [6, 6.07) is 10.1. The summed E-state index contributed by atoms with van der Waals surface area (Å²) in [6.07, 6.45) is 1.08. The summed E-state index contributed by atoms with van der Waals surface area (Å²) in [4.78, 5) is 35.8. The Labute approximate surface area is 216 Å². The molecule has 3 aromatic heterocycles. The zero-order chi connectivity index (χ0) is 27.1. The molecule has 0 saturated carbocycles. The molecule has 0 saturated heterocycles. The van der Waals surface area contributed by atoms with Gasteiger partial charge in [0, 0.05) is 32.0 Å².